The molecule has 0 radical (unpaired) electrons. The first-order valence-corrected chi connectivity index (χ1v) is 13.3. The van der Waals surface area contributed by atoms with Gasteiger partial charge in [0.1, 0.15) is 5.70 Å². The van der Waals surface area contributed by atoms with Gasteiger partial charge in [0.25, 0.3) is 5.91 Å². The highest BCUT2D eigenvalue weighted by atomic mass is 35.5. The lowest BCUT2D eigenvalue weighted by Gasteiger charge is -2.35. The summed E-state index contributed by atoms with van der Waals surface area (Å²) in [6, 6.07) is -0.453. The smallest absolute Gasteiger partial charge is 0.378 e. The van der Waals surface area contributed by atoms with Gasteiger partial charge in [0, 0.05) is 30.2 Å². The highest BCUT2D eigenvalue weighted by Crippen LogP contribution is 2.48. The minimum absolute atomic E-state index is 0.00870. The monoisotopic (exact) mass is 560 g/mol. The molecule has 37 heavy (non-hydrogen) atoms. The molecule has 1 aromatic rings. The van der Waals surface area contributed by atoms with Gasteiger partial charge in [-0.25, -0.2) is 0 Å². The SMILES string of the molecule is CC(C)CC1(N(CC(=O)c2c(Cl)cncc2Cl)C(=O)/C(C=N)=C(/N[C@H]2CC[C@@H](C)CC2)C(F)(F)F)CC1. The van der Waals surface area contributed by atoms with Gasteiger partial charge in [-0.1, -0.05) is 44.0 Å². The molecule has 2 aliphatic carbocycles. The van der Waals surface area contributed by atoms with Gasteiger partial charge in [0.15, 0.2) is 5.78 Å². The van der Waals surface area contributed by atoms with Crippen molar-refractivity contribution in [1.29, 1.82) is 5.41 Å². The fourth-order valence-corrected chi connectivity index (χ4v) is 5.73. The van der Waals surface area contributed by atoms with Gasteiger partial charge in [-0.2, -0.15) is 13.2 Å². The Kier molecular flexibility index (Phi) is 9.32. The van der Waals surface area contributed by atoms with Crippen LogP contribution in [0.1, 0.15) is 76.1 Å². The van der Waals surface area contributed by atoms with Crippen LogP contribution in [0.25, 0.3) is 0 Å². The molecule has 2 saturated carbocycles. The molecule has 2 aliphatic rings. The number of Topliss-reactive ketones (excluding diaryl/α,β-unsaturated/α-hetero) is 1. The minimum Gasteiger partial charge on any atom is -0.378 e. The maximum absolute atomic E-state index is 14.3. The van der Waals surface area contributed by atoms with E-state index in [1.807, 2.05) is 13.8 Å². The first-order chi connectivity index (χ1) is 17.3. The lowest BCUT2D eigenvalue weighted by molar-refractivity contribution is -0.131. The number of hydrogen-bond acceptors (Lipinski definition) is 5. The van der Waals surface area contributed by atoms with Gasteiger partial charge in [-0.3, -0.25) is 14.6 Å². The van der Waals surface area contributed by atoms with Crippen molar-refractivity contribution in [1.82, 2.24) is 15.2 Å². The Hall–Kier alpha value is -2.13. The second-order valence-corrected chi connectivity index (χ2v) is 11.5. The number of carbonyl (C=O) groups excluding carboxylic acids is 2. The Morgan fingerprint density at radius 2 is 1.76 bits per heavy atom. The zero-order chi connectivity index (χ0) is 27.5. The average Bonchev–Trinajstić information content (AvgIpc) is 3.57. The predicted octanol–water partition coefficient (Wildman–Crippen LogP) is 6.61. The normalized spacial score (nSPS) is 21.8. The Morgan fingerprint density at radius 1 is 1.19 bits per heavy atom. The van der Waals surface area contributed by atoms with Crippen LogP contribution >= 0.6 is 23.2 Å². The van der Waals surface area contributed by atoms with E-state index in [1.54, 1.807) is 0 Å². The van der Waals surface area contributed by atoms with Crippen LogP contribution in [-0.2, 0) is 4.79 Å². The largest absolute Gasteiger partial charge is 0.431 e. The topological polar surface area (TPSA) is 86.2 Å². The van der Waals surface area contributed by atoms with Gasteiger partial charge >= 0.3 is 6.18 Å². The second kappa shape index (κ2) is 11.7. The molecule has 1 heterocycles. The summed E-state index contributed by atoms with van der Waals surface area (Å²) in [6.45, 7) is 5.43. The van der Waals surface area contributed by atoms with E-state index < -0.39 is 47.3 Å². The van der Waals surface area contributed by atoms with Crippen LogP contribution in [0.2, 0.25) is 10.0 Å². The molecule has 3 rings (SSSR count). The molecule has 0 aromatic carbocycles. The maximum Gasteiger partial charge on any atom is 0.431 e. The molecule has 1 aromatic heterocycles. The van der Waals surface area contributed by atoms with Crippen LogP contribution in [0.4, 0.5) is 13.2 Å². The number of aromatic nitrogens is 1. The Bertz CT molecular complexity index is 1040. The van der Waals surface area contributed by atoms with Crippen molar-refractivity contribution in [3.05, 3.63) is 39.3 Å². The minimum atomic E-state index is -4.88. The average molecular weight is 561 g/mol. The predicted molar refractivity (Wildman–Crippen MR) is 138 cm³/mol. The number of halogens is 5. The lowest BCUT2D eigenvalue weighted by atomic mass is 9.87. The summed E-state index contributed by atoms with van der Waals surface area (Å²) in [6.07, 6.45) is 2.28. The summed E-state index contributed by atoms with van der Waals surface area (Å²) in [5.41, 5.74) is -2.86. The Morgan fingerprint density at radius 3 is 2.22 bits per heavy atom. The molecule has 2 N–H and O–H groups in total. The molecule has 2 fully saturated rings. The van der Waals surface area contributed by atoms with E-state index in [1.165, 1.54) is 17.3 Å². The van der Waals surface area contributed by atoms with Crippen LogP contribution in [0.3, 0.4) is 0 Å². The summed E-state index contributed by atoms with van der Waals surface area (Å²) in [4.78, 5) is 32.1. The molecule has 11 heteroatoms. The second-order valence-electron chi connectivity index (χ2n) is 10.6. The summed E-state index contributed by atoms with van der Waals surface area (Å²) in [5, 5.41) is 10.3. The quantitative estimate of drug-likeness (QED) is 0.191. The van der Waals surface area contributed by atoms with E-state index in [0.717, 1.165) is 12.8 Å². The number of pyridine rings is 1. The van der Waals surface area contributed by atoms with Crippen molar-refractivity contribution in [2.45, 2.75) is 83.5 Å². The number of amides is 1. The summed E-state index contributed by atoms with van der Waals surface area (Å²) in [5.74, 6) is -1.06. The molecule has 0 saturated heterocycles. The molecule has 0 bridgehead atoms. The fourth-order valence-electron chi connectivity index (χ4n) is 5.15. The van der Waals surface area contributed by atoms with Crippen molar-refractivity contribution in [2.24, 2.45) is 11.8 Å². The van der Waals surface area contributed by atoms with E-state index in [2.05, 4.69) is 17.2 Å². The third kappa shape index (κ3) is 7.05. The summed E-state index contributed by atoms with van der Waals surface area (Å²) in [7, 11) is 0. The summed E-state index contributed by atoms with van der Waals surface area (Å²) >= 11 is 12.3. The fraction of sp³-hybridized carbons (Fsp3) is 0.615. The zero-order valence-electron chi connectivity index (χ0n) is 21.2. The van der Waals surface area contributed by atoms with Gasteiger partial charge in [-0.05, 0) is 56.8 Å². The number of nitrogens with one attached hydrogen (secondary N) is 2. The molecule has 0 aliphatic heterocycles. The van der Waals surface area contributed by atoms with Gasteiger partial charge in [-0.15, -0.1) is 0 Å². The first-order valence-electron chi connectivity index (χ1n) is 12.5. The lowest BCUT2D eigenvalue weighted by Crippen LogP contribution is -2.48. The van der Waals surface area contributed by atoms with Crippen LogP contribution in [0.15, 0.2) is 23.7 Å². The van der Waals surface area contributed by atoms with E-state index in [0.29, 0.717) is 44.2 Å². The number of ketones is 1. The number of rotatable bonds is 10. The van der Waals surface area contributed by atoms with Crippen molar-refractivity contribution < 1.29 is 22.8 Å². The van der Waals surface area contributed by atoms with Crippen LogP contribution in [0, 0.1) is 17.2 Å². The maximum atomic E-state index is 14.3. The molecular weight excluding hydrogens is 528 g/mol. The third-order valence-corrected chi connectivity index (χ3v) is 7.73. The molecule has 204 valence electrons. The van der Waals surface area contributed by atoms with Crippen LogP contribution in [-0.4, -0.2) is 52.1 Å². The summed E-state index contributed by atoms with van der Waals surface area (Å²) < 4.78 is 42.8. The molecule has 6 nitrogen and oxygen atoms in total. The number of nitrogens with zero attached hydrogens (tertiary/aromatic N) is 2. The molecule has 1 amide bonds. The number of hydrogen-bond donors (Lipinski definition) is 2. The Balaban J connectivity index is 2.02. The van der Waals surface area contributed by atoms with Gasteiger partial charge in [0.2, 0.25) is 0 Å². The highest BCUT2D eigenvalue weighted by molar-refractivity contribution is 6.39. The number of carbonyl (C=O) groups is 2. The van der Waals surface area contributed by atoms with Crippen molar-refractivity contribution >= 4 is 41.1 Å². The Labute approximate surface area is 225 Å². The van der Waals surface area contributed by atoms with E-state index in [-0.39, 0.29) is 21.5 Å². The third-order valence-electron chi connectivity index (χ3n) is 7.16. The van der Waals surface area contributed by atoms with Gasteiger partial charge < -0.3 is 15.6 Å². The standard InChI is InChI=1S/C26H33Cl2F3N4O2/c1-15(2)10-25(8-9-25)35(14-21(36)22-19(27)12-33-13-20(22)28)24(37)18(11-32)23(26(29,30)31)34-17-6-4-16(3)5-7-17/h11-13,15-17,32,34H,4-10,14H2,1-3H3/b23-18+,32-11?/t16-,17+. The van der Waals surface area contributed by atoms with Crippen molar-refractivity contribution in [3.8, 4) is 0 Å². The van der Waals surface area contributed by atoms with Crippen LogP contribution < -0.4 is 5.32 Å². The first kappa shape index (κ1) is 29.4. The number of allylic oxidation sites excluding steroid dienone is 1. The van der Waals surface area contributed by atoms with Gasteiger partial charge in [0.05, 0.1) is 27.7 Å². The van der Waals surface area contributed by atoms with E-state index >= 15 is 0 Å². The van der Waals surface area contributed by atoms with Crippen molar-refractivity contribution in [2.75, 3.05) is 6.54 Å². The van der Waals surface area contributed by atoms with Crippen molar-refractivity contribution in [3.63, 3.8) is 0 Å². The highest BCUT2D eigenvalue weighted by Gasteiger charge is 2.52. The van der Waals surface area contributed by atoms with E-state index in [9.17, 15) is 22.8 Å². The zero-order valence-corrected chi connectivity index (χ0v) is 22.7. The van der Waals surface area contributed by atoms with Crippen LogP contribution in [0.5, 0.6) is 0 Å². The molecule has 0 atom stereocenters. The molecular formula is C26H33Cl2F3N4O2. The van der Waals surface area contributed by atoms with E-state index in [4.69, 9.17) is 28.6 Å². The number of alkyl halides is 3. The molecule has 0 spiro atoms. The molecule has 0 unspecified atom stereocenters.